The van der Waals surface area contributed by atoms with Crippen molar-refractivity contribution in [3.63, 3.8) is 0 Å². The van der Waals surface area contributed by atoms with E-state index in [2.05, 4.69) is 5.10 Å². The van der Waals surface area contributed by atoms with Gasteiger partial charge in [-0.15, -0.1) is 0 Å². The number of nitrogens with zero attached hydrogens (tertiary/aromatic N) is 2. The van der Waals surface area contributed by atoms with Crippen LogP contribution in [0, 0.1) is 0 Å². The molecule has 6 nitrogen and oxygen atoms in total. The predicted octanol–water partition coefficient (Wildman–Crippen LogP) is 0.911. The molecule has 2 aromatic rings. The van der Waals surface area contributed by atoms with Crippen LogP contribution in [0.15, 0.2) is 30.5 Å². The highest BCUT2D eigenvalue weighted by Gasteiger charge is 2.43. The average Bonchev–Trinajstić information content (AvgIpc) is 2.89. The Morgan fingerprint density at radius 3 is 2.60 bits per heavy atom. The van der Waals surface area contributed by atoms with Crippen molar-refractivity contribution in [1.82, 2.24) is 9.78 Å². The van der Waals surface area contributed by atoms with Crippen LogP contribution in [0.5, 0.6) is 5.75 Å². The van der Waals surface area contributed by atoms with Gasteiger partial charge in [-0.3, -0.25) is 4.79 Å². The van der Waals surface area contributed by atoms with Crippen molar-refractivity contribution in [2.45, 2.75) is 5.60 Å². The lowest BCUT2D eigenvalue weighted by molar-refractivity contribution is -0.188. The van der Waals surface area contributed by atoms with Crippen molar-refractivity contribution in [3.05, 3.63) is 41.7 Å². The first-order valence-electron chi connectivity index (χ1n) is 6.16. The van der Waals surface area contributed by atoms with E-state index in [9.17, 15) is 9.90 Å². The molecule has 6 heteroatoms. The van der Waals surface area contributed by atoms with Crippen molar-refractivity contribution in [2.75, 3.05) is 20.3 Å². The molecule has 1 N–H and O–H groups in total. The second kappa shape index (κ2) is 4.73. The fourth-order valence-corrected chi connectivity index (χ4v) is 2.26. The molecular weight excluding hydrogens is 260 g/mol. The Labute approximate surface area is 115 Å². The van der Waals surface area contributed by atoms with Gasteiger partial charge in [-0.1, -0.05) is 0 Å². The molecular formula is C14H14N2O4. The summed E-state index contributed by atoms with van der Waals surface area (Å²) in [4.78, 5) is 11.1. The maximum Gasteiger partial charge on any atom is 0.154 e. The molecule has 0 spiro atoms. The summed E-state index contributed by atoms with van der Waals surface area (Å²) in [5.41, 5.74) is 0.414. The third kappa shape index (κ3) is 1.90. The third-order valence-electron chi connectivity index (χ3n) is 3.36. The SMILES string of the molecule is COc1ccc(-n2ncc(C=O)c2C2(O)COC2)cc1. The van der Waals surface area contributed by atoms with Crippen LogP contribution in [-0.4, -0.2) is 41.5 Å². The van der Waals surface area contributed by atoms with E-state index >= 15 is 0 Å². The number of aromatic nitrogens is 2. The normalized spacial score (nSPS) is 16.5. The maximum atomic E-state index is 11.1. The lowest BCUT2D eigenvalue weighted by atomic mass is 9.94. The number of methoxy groups -OCH3 is 1. The second-order valence-electron chi connectivity index (χ2n) is 4.70. The number of hydrogen-bond donors (Lipinski definition) is 1. The Morgan fingerprint density at radius 2 is 2.10 bits per heavy atom. The van der Waals surface area contributed by atoms with E-state index in [0.717, 1.165) is 11.4 Å². The van der Waals surface area contributed by atoms with E-state index in [1.54, 1.807) is 23.9 Å². The molecule has 1 aliphatic heterocycles. The van der Waals surface area contributed by atoms with E-state index in [1.165, 1.54) is 6.20 Å². The fraction of sp³-hybridized carbons (Fsp3) is 0.286. The molecule has 0 unspecified atom stereocenters. The molecule has 1 aromatic carbocycles. The highest BCUT2D eigenvalue weighted by molar-refractivity contribution is 5.77. The van der Waals surface area contributed by atoms with Crippen LogP contribution < -0.4 is 4.74 Å². The highest BCUT2D eigenvalue weighted by Crippen LogP contribution is 2.33. The number of carbonyl (C=O) groups excluding carboxylic acids is 1. The van der Waals surface area contributed by atoms with Crippen molar-refractivity contribution in [3.8, 4) is 11.4 Å². The Kier molecular flexibility index (Phi) is 3.04. The molecule has 1 aliphatic rings. The zero-order valence-corrected chi connectivity index (χ0v) is 10.9. The van der Waals surface area contributed by atoms with Gasteiger partial charge in [0.25, 0.3) is 0 Å². The van der Waals surface area contributed by atoms with E-state index < -0.39 is 5.60 Å². The van der Waals surface area contributed by atoms with Crippen LogP contribution in [0.1, 0.15) is 16.1 Å². The number of aldehydes is 1. The fourth-order valence-electron chi connectivity index (χ4n) is 2.26. The quantitative estimate of drug-likeness (QED) is 0.839. The summed E-state index contributed by atoms with van der Waals surface area (Å²) in [6.45, 7) is 0.325. The minimum Gasteiger partial charge on any atom is -0.497 e. The summed E-state index contributed by atoms with van der Waals surface area (Å²) in [6, 6.07) is 7.21. The summed E-state index contributed by atoms with van der Waals surface area (Å²) in [5.74, 6) is 0.726. The zero-order chi connectivity index (χ0) is 14.2. The van der Waals surface area contributed by atoms with Crippen LogP contribution in [0.2, 0.25) is 0 Å². The molecule has 0 amide bonds. The van der Waals surface area contributed by atoms with E-state index in [-0.39, 0.29) is 13.2 Å². The first-order valence-corrected chi connectivity index (χ1v) is 6.16. The van der Waals surface area contributed by atoms with Gasteiger partial charge in [0.05, 0.1) is 43.5 Å². The number of carbonyl (C=O) groups is 1. The van der Waals surface area contributed by atoms with Gasteiger partial charge in [0.2, 0.25) is 0 Å². The molecule has 0 aliphatic carbocycles. The van der Waals surface area contributed by atoms with Gasteiger partial charge >= 0.3 is 0 Å². The molecule has 2 heterocycles. The van der Waals surface area contributed by atoms with Gasteiger partial charge in [-0.2, -0.15) is 5.10 Å². The number of rotatable bonds is 4. The highest BCUT2D eigenvalue weighted by atomic mass is 16.5. The third-order valence-corrected chi connectivity index (χ3v) is 3.36. The Morgan fingerprint density at radius 1 is 1.40 bits per heavy atom. The first kappa shape index (κ1) is 12.8. The van der Waals surface area contributed by atoms with E-state index in [0.29, 0.717) is 17.5 Å². The predicted molar refractivity (Wildman–Crippen MR) is 70.2 cm³/mol. The molecule has 3 rings (SSSR count). The van der Waals surface area contributed by atoms with Crippen molar-refractivity contribution in [2.24, 2.45) is 0 Å². The topological polar surface area (TPSA) is 73.6 Å². The molecule has 20 heavy (non-hydrogen) atoms. The van der Waals surface area contributed by atoms with Crippen molar-refractivity contribution in [1.29, 1.82) is 0 Å². The molecule has 0 radical (unpaired) electrons. The Balaban J connectivity index is 2.08. The van der Waals surface area contributed by atoms with Gasteiger partial charge in [0.15, 0.2) is 11.9 Å². The minimum atomic E-state index is -1.16. The van der Waals surface area contributed by atoms with Crippen LogP contribution in [0.3, 0.4) is 0 Å². The standard InChI is InChI=1S/C14H14N2O4/c1-19-12-4-2-11(3-5-12)16-13(10(7-17)6-15-16)14(18)8-20-9-14/h2-7,18H,8-9H2,1H3. The summed E-state index contributed by atoms with van der Waals surface area (Å²) >= 11 is 0. The average molecular weight is 274 g/mol. The van der Waals surface area contributed by atoms with E-state index in [1.807, 2.05) is 12.1 Å². The van der Waals surface area contributed by atoms with Crippen molar-refractivity contribution < 1.29 is 19.4 Å². The second-order valence-corrected chi connectivity index (χ2v) is 4.70. The number of aliphatic hydroxyl groups is 1. The maximum absolute atomic E-state index is 11.1. The van der Waals surface area contributed by atoms with Gasteiger partial charge in [0.1, 0.15) is 5.75 Å². The molecule has 104 valence electrons. The number of hydrogen-bond acceptors (Lipinski definition) is 5. The Bertz CT molecular complexity index is 629. The summed E-state index contributed by atoms with van der Waals surface area (Å²) in [6.07, 6.45) is 2.14. The summed E-state index contributed by atoms with van der Waals surface area (Å²) < 4.78 is 11.7. The molecule has 1 fully saturated rings. The number of benzene rings is 1. The van der Waals surface area contributed by atoms with E-state index in [4.69, 9.17) is 9.47 Å². The smallest absolute Gasteiger partial charge is 0.154 e. The molecule has 1 saturated heterocycles. The van der Waals surface area contributed by atoms with Gasteiger partial charge in [-0.25, -0.2) is 4.68 Å². The van der Waals surface area contributed by atoms with Crippen LogP contribution in [-0.2, 0) is 10.3 Å². The van der Waals surface area contributed by atoms with Crippen LogP contribution >= 0.6 is 0 Å². The van der Waals surface area contributed by atoms with Crippen LogP contribution in [0.4, 0.5) is 0 Å². The minimum absolute atomic E-state index is 0.162. The zero-order valence-electron chi connectivity index (χ0n) is 10.9. The molecule has 0 atom stereocenters. The van der Waals surface area contributed by atoms with Gasteiger partial charge in [0, 0.05) is 0 Å². The summed E-state index contributed by atoms with van der Waals surface area (Å²) in [5, 5.41) is 14.6. The van der Waals surface area contributed by atoms with Gasteiger partial charge < -0.3 is 14.6 Å². The molecule has 0 saturated carbocycles. The number of ether oxygens (including phenoxy) is 2. The van der Waals surface area contributed by atoms with Gasteiger partial charge in [-0.05, 0) is 24.3 Å². The van der Waals surface area contributed by atoms with Crippen molar-refractivity contribution >= 4 is 6.29 Å². The lowest BCUT2D eigenvalue weighted by Crippen LogP contribution is -2.48. The lowest BCUT2D eigenvalue weighted by Gasteiger charge is -2.36. The van der Waals surface area contributed by atoms with Crippen LogP contribution in [0.25, 0.3) is 5.69 Å². The molecule has 1 aromatic heterocycles. The first-order chi connectivity index (χ1) is 9.68. The molecule has 0 bridgehead atoms. The Hall–Kier alpha value is -2.18. The monoisotopic (exact) mass is 274 g/mol. The summed E-state index contributed by atoms with van der Waals surface area (Å²) in [7, 11) is 1.59. The largest absolute Gasteiger partial charge is 0.497 e.